The number of anilines is 1. The number of hydrogen-bond donors (Lipinski definition) is 1. The number of aromatic nitrogens is 1. The Morgan fingerprint density at radius 3 is 2.80 bits per heavy atom. The molecule has 0 aliphatic rings. The van der Waals surface area contributed by atoms with Gasteiger partial charge in [0.2, 0.25) is 0 Å². The molecule has 0 aliphatic heterocycles. The summed E-state index contributed by atoms with van der Waals surface area (Å²) in [5.41, 5.74) is 5.92. The average Bonchev–Trinajstić information content (AvgIpc) is 2.43. The van der Waals surface area contributed by atoms with Gasteiger partial charge in [0, 0.05) is 30.4 Å². The molecule has 2 rings (SSSR count). The Morgan fingerprint density at radius 2 is 2.15 bits per heavy atom. The fourth-order valence-electron chi connectivity index (χ4n) is 1.89. The molecule has 4 nitrogen and oxygen atoms in total. The molecule has 1 aromatic carbocycles. The summed E-state index contributed by atoms with van der Waals surface area (Å²) in [4.78, 5) is 17.1. The number of carbonyl (C=O) groups excluding carboxylic acids is 1. The van der Waals surface area contributed by atoms with E-state index in [9.17, 15) is 9.18 Å². The lowest BCUT2D eigenvalue weighted by molar-refractivity contribution is 0.100. The van der Waals surface area contributed by atoms with E-state index in [2.05, 4.69) is 4.98 Å². The molecule has 6 heteroatoms. The number of rotatable bonds is 4. The standard InChI is InChI=1S/C14H13ClFN3O/c1-19(8-10-11(15)5-2-6-12(10)16)14-9(13(17)20)4-3-7-18-14/h2-7H,8H2,1H3,(H2,17,20). The number of pyridine rings is 1. The quantitative estimate of drug-likeness (QED) is 0.942. The minimum Gasteiger partial charge on any atom is -0.365 e. The van der Waals surface area contributed by atoms with E-state index in [0.717, 1.165) is 0 Å². The smallest absolute Gasteiger partial charge is 0.252 e. The van der Waals surface area contributed by atoms with Crippen molar-refractivity contribution >= 4 is 23.3 Å². The number of amides is 1. The molecule has 2 aromatic rings. The maximum Gasteiger partial charge on any atom is 0.252 e. The molecule has 0 spiro atoms. The highest BCUT2D eigenvalue weighted by Gasteiger charge is 2.16. The van der Waals surface area contributed by atoms with E-state index in [0.29, 0.717) is 16.4 Å². The minimum atomic E-state index is -0.584. The van der Waals surface area contributed by atoms with Crippen molar-refractivity contribution in [3.8, 4) is 0 Å². The van der Waals surface area contributed by atoms with Gasteiger partial charge in [-0.2, -0.15) is 0 Å². The van der Waals surface area contributed by atoms with E-state index >= 15 is 0 Å². The first-order chi connectivity index (χ1) is 9.50. The molecule has 0 fully saturated rings. The first-order valence-corrected chi connectivity index (χ1v) is 6.27. The zero-order valence-corrected chi connectivity index (χ0v) is 11.6. The van der Waals surface area contributed by atoms with Crippen molar-refractivity contribution < 1.29 is 9.18 Å². The van der Waals surface area contributed by atoms with Crippen LogP contribution in [0.5, 0.6) is 0 Å². The molecule has 1 aromatic heterocycles. The Balaban J connectivity index is 2.34. The SMILES string of the molecule is CN(Cc1c(F)cccc1Cl)c1ncccc1C(N)=O. The predicted molar refractivity (Wildman–Crippen MR) is 76.3 cm³/mol. The van der Waals surface area contributed by atoms with Crippen LogP contribution >= 0.6 is 11.6 Å². The second kappa shape index (κ2) is 5.88. The summed E-state index contributed by atoms with van der Waals surface area (Å²) in [7, 11) is 1.69. The highest BCUT2D eigenvalue weighted by molar-refractivity contribution is 6.31. The molecular weight excluding hydrogens is 281 g/mol. The van der Waals surface area contributed by atoms with Crippen molar-refractivity contribution in [2.45, 2.75) is 6.54 Å². The third-order valence-corrected chi connectivity index (χ3v) is 3.22. The molecule has 0 aliphatic carbocycles. The fourth-order valence-corrected chi connectivity index (χ4v) is 2.11. The van der Waals surface area contributed by atoms with Gasteiger partial charge in [-0.3, -0.25) is 4.79 Å². The van der Waals surface area contributed by atoms with Crippen LogP contribution in [0.2, 0.25) is 5.02 Å². The van der Waals surface area contributed by atoms with Crippen LogP contribution in [0.4, 0.5) is 10.2 Å². The molecule has 0 atom stereocenters. The predicted octanol–water partition coefficient (Wildman–Crippen LogP) is 2.61. The number of carbonyl (C=O) groups is 1. The molecule has 0 saturated heterocycles. The lowest BCUT2D eigenvalue weighted by Gasteiger charge is -2.21. The maximum absolute atomic E-state index is 13.8. The van der Waals surface area contributed by atoms with Crippen molar-refractivity contribution in [1.29, 1.82) is 0 Å². The first kappa shape index (κ1) is 14.3. The van der Waals surface area contributed by atoms with Gasteiger partial charge >= 0.3 is 0 Å². The highest BCUT2D eigenvalue weighted by atomic mass is 35.5. The van der Waals surface area contributed by atoms with Gasteiger partial charge in [0.25, 0.3) is 5.91 Å². The summed E-state index contributed by atoms with van der Waals surface area (Å²) < 4.78 is 13.8. The van der Waals surface area contributed by atoms with Crippen molar-refractivity contribution in [2.75, 3.05) is 11.9 Å². The number of benzene rings is 1. The van der Waals surface area contributed by atoms with Gasteiger partial charge in [-0.1, -0.05) is 17.7 Å². The van der Waals surface area contributed by atoms with E-state index in [1.54, 1.807) is 36.3 Å². The van der Waals surface area contributed by atoms with Crippen LogP contribution in [-0.2, 0) is 6.54 Å². The number of primary amides is 1. The third kappa shape index (κ3) is 2.88. The number of halogens is 2. The summed E-state index contributed by atoms with van der Waals surface area (Å²) in [5, 5.41) is 0.327. The largest absolute Gasteiger partial charge is 0.365 e. The lowest BCUT2D eigenvalue weighted by atomic mass is 10.2. The number of nitrogens with zero attached hydrogens (tertiary/aromatic N) is 2. The zero-order chi connectivity index (χ0) is 14.7. The summed E-state index contributed by atoms with van der Waals surface area (Å²) in [6, 6.07) is 7.68. The summed E-state index contributed by atoms with van der Waals surface area (Å²) in [6.45, 7) is 0.183. The Kier molecular flexibility index (Phi) is 4.20. The van der Waals surface area contributed by atoms with Crippen molar-refractivity contribution in [3.05, 3.63) is 58.5 Å². The second-order valence-corrected chi connectivity index (χ2v) is 4.70. The van der Waals surface area contributed by atoms with E-state index in [1.807, 2.05) is 0 Å². The summed E-state index contributed by atoms with van der Waals surface area (Å²) in [5.74, 6) is -0.597. The van der Waals surface area contributed by atoms with Gasteiger partial charge in [0.15, 0.2) is 0 Å². The zero-order valence-electron chi connectivity index (χ0n) is 10.8. The maximum atomic E-state index is 13.8. The Bertz CT molecular complexity index is 628. The molecule has 1 heterocycles. The van der Waals surface area contributed by atoms with E-state index < -0.39 is 11.7 Å². The van der Waals surface area contributed by atoms with E-state index in [1.165, 1.54) is 12.1 Å². The molecular formula is C14H13ClFN3O. The van der Waals surface area contributed by atoms with Gasteiger partial charge in [-0.25, -0.2) is 9.37 Å². The van der Waals surface area contributed by atoms with Crippen LogP contribution < -0.4 is 10.6 Å². The Hall–Kier alpha value is -2.14. The second-order valence-electron chi connectivity index (χ2n) is 4.30. The molecule has 104 valence electrons. The van der Waals surface area contributed by atoms with Gasteiger partial charge in [-0.05, 0) is 24.3 Å². The van der Waals surface area contributed by atoms with Gasteiger partial charge in [0.1, 0.15) is 11.6 Å². The van der Waals surface area contributed by atoms with Crippen LogP contribution in [0.15, 0.2) is 36.5 Å². The van der Waals surface area contributed by atoms with Crippen LogP contribution in [0.1, 0.15) is 15.9 Å². The monoisotopic (exact) mass is 293 g/mol. The summed E-state index contributed by atoms with van der Waals surface area (Å²) >= 11 is 5.98. The van der Waals surface area contributed by atoms with Crippen LogP contribution in [0.3, 0.4) is 0 Å². The van der Waals surface area contributed by atoms with Crippen molar-refractivity contribution in [1.82, 2.24) is 4.98 Å². The molecule has 1 amide bonds. The molecule has 20 heavy (non-hydrogen) atoms. The Labute approximate surface area is 121 Å². The molecule has 0 saturated carbocycles. The summed E-state index contributed by atoms with van der Waals surface area (Å²) in [6.07, 6.45) is 1.54. The molecule has 0 unspecified atom stereocenters. The average molecular weight is 294 g/mol. The van der Waals surface area contributed by atoms with Crippen molar-refractivity contribution in [2.24, 2.45) is 5.73 Å². The first-order valence-electron chi connectivity index (χ1n) is 5.89. The normalized spacial score (nSPS) is 10.3. The lowest BCUT2D eigenvalue weighted by Crippen LogP contribution is -2.23. The van der Waals surface area contributed by atoms with E-state index in [4.69, 9.17) is 17.3 Å². The number of nitrogens with two attached hydrogens (primary N) is 1. The molecule has 0 radical (unpaired) electrons. The van der Waals surface area contributed by atoms with Crippen LogP contribution in [-0.4, -0.2) is 17.9 Å². The van der Waals surface area contributed by atoms with Gasteiger partial charge < -0.3 is 10.6 Å². The topological polar surface area (TPSA) is 59.2 Å². The Morgan fingerprint density at radius 1 is 1.40 bits per heavy atom. The van der Waals surface area contributed by atoms with Crippen molar-refractivity contribution in [3.63, 3.8) is 0 Å². The third-order valence-electron chi connectivity index (χ3n) is 2.87. The highest BCUT2D eigenvalue weighted by Crippen LogP contribution is 2.23. The molecule has 0 bridgehead atoms. The van der Waals surface area contributed by atoms with Gasteiger partial charge in [-0.15, -0.1) is 0 Å². The molecule has 2 N–H and O–H groups in total. The van der Waals surface area contributed by atoms with Crippen LogP contribution in [0, 0.1) is 5.82 Å². The number of hydrogen-bond acceptors (Lipinski definition) is 3. The van der Waals surface area contributed by atoms with E-state index in [-0.39, 0.29) is 12.1 Å². The fraction of sp³-hybridized carbons (Fsp3) is 0.143. The van der Waals surface area contributed by atoms with Crippen LogP contribution in [0.25, 0.3) is 0 Å². The minimum absolute atomic E-state index is 0.183. The van der Waals surface area contributed by atoms with Gasteiger partial charge in [0.05, 0.1) is 5.56 Å².